The number of aliphatic hydroxyl groups is 1. The number of nitrogens with zero attached hydrogens (tertiary/aromatic N) is 2. The number of carbonyl (C=O) groups excluding carboxylic acids is 2. The maximum Gasteiger partial charge on any atom is 0.295 e. The SMILES string of the molecule is CCCCCOc1ccc(C2C(C(=O)c3ccc(C)o3)=C(O)C(=O)N2c2cc(C)on2)cc1OC. The molecule has 1 aliphatic rings. The van der Waals surface area contributed by atoms with Crippen molar-refractivity contribution in [3.05, 3.63) is 70.6 Å². The molecule has 0 spiro atoms. The molecular weight excluding hydrogens is 452 g/mol. The van der Waals surface area contributed by atoms with Gasteiger partial charge < -0.3 is 23.5 Å². The fourth-order valence-corrected chi connectivity index (χ4v) is 4.05. The standard InChI is InChI=1S/C26H28N2O7/c1-5-6-7-12-33-18-11-9-17(14-20(18)32-4)23-22(24(29)19-10-8-15(2)34-19)25(30)26(31)28(23)21-13-16(3)35-27-21/h8-11,13-14,23,30H,5-7,12H2,1-4H3. The first kappa shape index (κ1) is 24.1. The number of unbranched alkanes of at least 4 members (excludes halogenated alkanes) is 2. The molecule has 1 atom stereocenters. The molecule has 2 aromatic heterocycles. The Morgan fingerprint density at radius 3 is 2.54 bits per heavy atom. The number of rotatable bonds is 10. The van der Waals surface area contributed by atoms with Crippen LogP contribution >= 0.6 is 0 Å². The average Bonchev–Trinajstić information content (AvgIpc) is 3.54. The molecule has 4 rings (SSSR count). The molecule has 9 heteroatoms. The van der Waals surface area contributed by atoms with Gasteiger partial charge in [-0.1, -0.05) is 31.0 Å². The predicted octanol–water partition coefficient (Wildman–Crippen LogP) is 5.24. The van der Waals surface area contributed by atoms with E-state index in [0.29, 0.717) is 35.2 Å². The molecule has 9 nitrogen and oxygen atoms in total. The van der Waals surface area contributed by atoms with Gasteiger partial charge in [0.05, 0.1) is 25.3 Å². The molecule has 3 aromatic rings. The van der Waals surface area contributed by atoms with Crippen molar-refractivity contribution in [1.82, 2.24) is 5.16 Å². The maximum atomic E-state index is 13.4. The number of hydrogen-bond acceptors (Lipinski definition) is 8. The molecular formula is C26H28N2O7. The van der Waals surface area contributed by atoms with Crippen molar-refractivity contribution in [2.24, 2.45) is 0 Å². The van der Waals surface area contributed by atoms with E-state index in [0.717, 1.165) is 19.3 Å². The highest BCUT2D eigenvalue weighted by molar-refractivity contribution is 6.20. The van der Waals surface area contributed by atoms with Crippen LogP contribution in [0.5, 0.6) is 11.5 Å². The van der Waals surface area contributed by atoms with E-state index in [1.165, 1.54) is 18.1 Å². The smallest absolute Gasteiger partial charge is 0.295 e. The summed E-state index contributed by atoms with van der Waals surface area (Å²) in [5.74, 6) is 0.130. The van der Waals surface area contributed by atoms with Gasteiger partial charge in [-0.2, -0.15) is 0 Å². The Morgan fingerprint density at radius 2 is 1.91 bits per heavy atom. The Bertz CT molecular complexity index is 1270. The predicted molar refractivity (Wildman–Crippen MR) is 127 cm³/mol. The Balaban J connectivity index is 1.78. The largest absolute Gasteiger partial charge is 0.503 e. The molecule has 0 saturated heterocycles. The summed E-state index contributed by atoms with van der Waals surface area (Å²) in [7, 11) is 1.52. The van der Waals surface area contributed by atoms with Crippen molar-refractivity contribution in [3.63, 3.8) is 0 Å². The molecule has 35 heavy (non-hydrogen) atoms. The second-order valence-corrected chi connectivity index (χ2v) is 8.34. The number of methoxy groups -OCH3 is 1. The summed E-state index contributed by atoms with van der Waals surface area (Å²) in [4.78, 5) is 27.8. The third-order valence-corrected chi connectivity index (χ3v) is 5.79. The first-order valence-corrected chi connectivity index (χ1v) is 11.5. The van der Waals surface area contributed by atoms with E-state index in [1.807, 2.05) is 0 Å². The number of ketones is 1. The molecule has 1 aromatic carbocycles. The van der Waals surface area contributed by atoms with Crippen molar-refractivity contribution >= 4 is 17.5 Å². The summed E-state index contributed by atoms with van der Waals surface area (Å²) in [5.41, 5.74) is 0.399. The first-order valence-electron chi connectivity index (χ1n) is 11.5. The van der Waals surface area contributed by atoms with Crippen LogP contribution in [0.4, 0.5) is 5.82 Å². The number of anilines is 1. The van der Waals surface area contributed by atoms with Crippen molar-refractivity contribution < 1.29 is 33.1 Å². The zero-order chi connectivity index (χ0) is 25.1. The lowest BCUT2D eigenvalue weighted by Gasteiger charge is -2.25. The Kier molecular flexibility index (Phi) is 6.95. The lowest BCUT2D eigenvalue weighted by Crippen LogP contribution is -2.31. The van der Waals surface area contributed by atoms with Crippen molar-refractivity contribution in [3.8, 4) is 11.5 Å². The monoisotopic (exact) mass is 480 g/mol. The number of aryl methyl sites for hydroxylation is 2. The zero-order valence-corrected chi connectivity index (χ0v) is 20.2. The summed E-state index contributed by atoms with van der Waals surface area (Å²) in [6, 6.07) is 8.87. The van der Waals surface area contributed by atoms with Crippen LogP contribution in [0.2, 0.25) is 0 Å². The number of amides is 1. The van der Waals surface area contributed by atoms with Crippen LogP contribution in [0, 0.1) is 13.8 Å². The molecule has 1 N–H and O–H groups in total. The highest BCUT2D eigenvalue weighted by Crippen LogP contribution is 2.43. The van der Waals surface area contributed by atoms with Gasteiger partial charge in [0.25, 0.3) is 5.91 Å². The van der Waals surface area contributed by atoms with Crippen LogP contribution < -0.4 is 14.4 Å². The number of hydrogen-bond donors (Lipinski definition) is 1. The Hall–Kier alpha value is -4.01. The highest BCUT2D eigenvalue weighted by atomic mass is 16.5. The summed E-state index contributed by atoms with van der Waals surface area (Å²) < 4.78 is 22.1. The molecule has 0 saturated carbocycles. The molecule has 0 fully saturated rings. The van der Waals surface area contributed by atoms with Gasteiger partial charge >= 0.3 is 0 Å². The van der Waals surface area contributed by atoms with Crippen LogP contribution in [0.1, 0.15) is 59.9 Å². The van der Waals surface area contributed by atoms with Crippen molar-refractivity contribution in [1.29, 1.82) is 0 Å². The topological polar surface area (TPSA) is 115 Å². The number of aromatic nitrogens is 1. The third kappa shape index (κ3) is 4.66. The second kappa shape index (κ2) is 10.1. The van der Waals surface area contributed by atoms with Gasteiger partial charge in [-0.05, 0) is 50.1 Å². The van der Waals surface area contributed by atoms with Gasteiger partial charge in [0.1, 0.15) is 11.5 Å². The quantitative estimate of drug-likeness (QED) is 0.309. The van der Waals surface area contributed by atoms with E-state index >= 15 is 0 Å². The van der Waals surface area contributed by atoms with Gasteiger partial charge in [-0.3, -0.25) is 14.5 Å². The van der Waals surface area contributed by atoms with Gasteiger partial charge in [0, 0.05) is 6.07 Å². The Morgan fingerprint density at radius 1 is 1.11 bits per heavy atom. The highest BCUT2D eigenvalue weighted by Gasteiger charge is 2.46. The molecule has 0 bridgehead atoms. The molecule has 184 valence electrons. The lowest BCUT2D eigenvalue weighted by molar-refractivity contribution is -0.117. The number of aliphatic hydroxyl groups excluding tert-OH is 1. The summed E-state index contributed by atoms with van der Waals surface area (Å²) in [6.07, 6.45) is 3.04. The lowest BCUT2D eigenvalue weighted by atomic mass is 9.94. The number of carbonyl (C=O) groups is 2. The van der Waals surface area contributed by atoms with Crippen LogP contribution in [0.3, 0.4) is 0 Å². The van der Waals surface area contributed by atoms with Crippen molar-refractivity contribution in [2.45, 2.75) is 46.1 Å². The molecule has 1 aliphatic heterocycles. The molecule has 0 aliphatic carbocycles. The average molecular weight is 481 g/mol. The zero-order valence-electron chi connectivity index (χ0n) is 20.2. The van der Waals surface area contributed by atoms with Crippen LogP contribution in [-0.4, -0.2) is 35.7 Å². The number of Topliss-reactive ketones (excluding diaryl/α,β-unsaturated/α-hetero) is 1. The molecule has 3 heterocycles. The van der Waals surface area contributed by atoms with E-state index < -0.39 is 23.5 Å². The number of furan rings is 1. The summed E-state index contributed by atoms with van der Waals surface area (Å²) in [6.45, 7) is 6.05. The Labute approximate surface area is 202 Å². The van der Waals surface area contributed by atoms with E-state index in [2.05, 4.69) is 12.1 Å². The van der Waals surface area contributed by atoms with Crippen LogP contribution in [0.25, 0.3) is 0 Å². The molecule has 0 radical (unpaired) electrons. The van der Waals surface area contributed by atoms with E-state index in [4.69, 9.17) is 18.4 Å². The number of ether oxygens (including phenoxy) is 2. The van der Waals surface area contributed by atoms with Gasteiger partial charge in [0.15, 0.2) is 28.8 Å². The minimum Gasteiger partial charge on any atom is -0.503 e. The molecule has 1 unspecified atom stereocenters. The van der Waals surface area contributed by atoms with E-state index in [9.17, 15) is 14.7 Å². The van der Waals surface area contributed by atoms with E-state index in [-0.39, 0.29) is 17.2 Å². The van der Waals surface area contributed by atoms with Gasteiger partial charge in [-0.25, -0.2) is 0 Å². The molecule has 1 amide bonds. The van der Waals surface area contributed by atoms with Crippen LogP contribution in [-0.2, 0) is 4.79 Å². The fraction of sp³-hybridized carbons (Fsp3) is 0.346. The fourth-order valence-electron chi connectivity index (χ4n) is 4.05. The van der Waals surface area contributed by atoms with E-state index in [1.54, 1.807) is 44.2 Å². The minimum absolute atomic E-state index is 0.0166. The van der Waals surface area contributed by atoms with Gasteiger partial charge in [-0.15, -0.1) is 0 Å². The number of benzene rings is 1. The third-order valence-electron chi connectivity index (χ3n) is 5.79. The minimum atomic E-state index is -0.993. The van der Waals surface area contributed by atoms with Crippen LogP contribution in [0.15, 0.2) is 56.7 Å². The summed E-state index contributed by atoms with van der Waals surface area (Å²) in [5, 5.41) is 14.8. The normalized spacial score (nSPS) is 15.7. The van der Waals surface area contributed by atoms with Crippen molar-refractivity contribution in [2.75, 3.05) is 18.6 Å². The maximum absolute atomic E-state index is 13.4. The first-order chi connectivity index (χ1) is 16.8. The second-order valence-electron chi connectivity index (χ2n) is 8.34. The summed E-state index contributed by atoms with van der Waals surface area (Å²) >= 11 is 0. The van der Waals surface area contributed by atoms with Gasteiger partial charge in [0.2, 0.25) is 5.78 Å².